The van der Waals surface area contributed by atoms with Crippen LogP contribution in [0.3, 0.4) is 0 Å². The van der Waals surface area contributed by atoms with Crippen molar-refractivity contribution in [3.63, 3.8) is 0 Å². The van der Waals surface area contributed by atoms with Crippen LogP contribution in [-0.2, 0) is 14.2 Å². The van der Waals surface area contributed by atoms with E-state index in [1.54, 1.807) is 24.8 Å². The molecule has 0 saturated carbocycles. The molecule has 3 rings (SSSR count). The van der Waals surface area contributed by atoms with Gasteiger partial charge in [-0.3, -0.25) is 0 Å². The lowest BCUT2D eigenvalue weighted by Crippen LogP contribution is -2.54. The number of pyridine rings is 1. The Bertz CT molecular complexity index is 968. The summed E-state index contributed by atoms with van der Waals surface area (Å²) in [6.07, 6.45) is 2.44. The second kappa shape index (κ2) is 11.0. The van der Waals surface area contributed by atoms with E-state index in [9.17, 15) is 5.26 Å². The number of nitrogens with two attached hydrogens (primary N) is 3. The van der Waals surface area contributed by atoms with Crippen LogP contribution in [0.5, 0.6) is 0 Å². The van der Waals surface area contributed by atoms with E-state index < -0.39 is 17.6 Å². The Labute approximate surface area is 192 Å². The number of halogens is 1. The average molecular weight is 484 g/mol. The average Bonchev–Trinajstić information content (AvgIpc) is 3.16. The Morgan fingerprint density at radius 2 is 2.32 bits per heavy atom. The van der Waals surface area contributed by atoms with Crippen molar-refractivity contribution in [2.24, 2.45) is 11.6 Å². The Morgan fingerprint density at radius 3 is 3.00 bits per heavy atom. The van der Waals surface area contributed by atoms with Crippen molar-refractivity contribution in [2.45, 2.75) is 22.5 Å². The zero-order valence-electron chi connectivity index (χ0n) is 16.6. The van der Waals surface area contributed by atoms with Gasteiger partial charge in [-0.05, 0) is 6.07 Å². The van der Waals surface area contributed by atoms with Crippen LogP contribution in [-0.4, -0.2) is 59.5 Å². The molecule has 3 atom stereocenters. The predicted molar refractivity (Wildman–Crippen MR) is 120 cm³/mol. The fraction of sp³-hybridized carbons (Fsp3) is 0.389. The summed E-state index contributed by atoms with van der Waals surface area (Å²) in [6.45, 7) is 0.997. The van der Waals surface area contributed by atoms with Gasteiger partial charge in [0.25, 0.3) is 0 Å². The Morgan fingerprint density at radius 1 is 1.52 bits per heavy atom. The van der Waals surface area contributed by atoms with Gasteiger partial charge in [-0.1, -0.05) is 23.4 Å². The molecule has 1 aliphatic heterocycles. The van der Waals surface area contributed by atoms with Crippen molar-refractivity contribution in [3.8, 4) is 6.07 Å². The Kier molecular flexibility index (Phi) is 8.33. The van der Waals surface area contributed by atoms with Crippen molar-refractivity contribution in [1.29, 1.82) is 5.26 Å². The number of hydrogen-bond acceptors (Lipinski definition) is 12. The number of ether oxygens (including phenoxy) is 3. The van der Waals surface area contributed by atoms with Crippen molar-refractivity contribution in [1.82, 2.24) is 15.0 Å². The third kappa shape index (κ3) is 5.98. The number of anilines is 1. The second-order valence-corrected chi connectivity index (χ2v) is 8.88. The molecular formula is C18H22ClN7O3S2. The summed E-state index contributed by atoms with van der Waals surface area (Å²) in [5.41, 5.74) is 12.4. The molecule has 1 aliphatic rings. The molecule has 6 N–H and O–H groups in total. The van der Waals surface area contributed by atoms with Crippen LogP contribution in [0, 0.1) is 11.3 Å². The van der Waals surface area contributed by atoms with E-state index in [2.05, 4.69) is 16.0 Å². The van der Waals surface area contributed by atoms with Gasteiger partial charge in [-0.15, -0.1) is 11.3 Å². The van der Waals surface area contributed by atoms with E-state index in [0.29, 0.717) is 39.7 Å². The fourth-order valence-electron chi connectivity index (χ4n) is 2.89. The maximum atomic E-state index is 9.39. The van der Waals surface area contributed by atoms with E-state index >= 15 is 0 Å². The standard InChI is InChI=1S/C18H22ClN7O3S2/c1-27-16-14(26(23)7-11(21)13-9-30-18(22)25-13)8-28-2-3-29-17(16)31-15-4-10(19)6-24-12(15)5-20/h4,6-7,9,14,16-17H,2-3,8,21,23H2,1H3,(H2,22,25)/b11-7-/t14-,16?,17?/m1/s1. The summed E-state index contributed by atoms with van der Waals surface area (Å²) < 4.78 is 17.4. The number of hydrazine groups is 1. The van der Waals surface area contributed by atoms with Crippen molar-refractivity contribution < 1.29 is 14.2 Å². The summed E-state index contributed by atoms with van der Waals surface area (Å²) in [5.74, 6) is 6.33. The number of methoxy groups -OCH3 is 1. The number of aromatic nitrogens is 2. The maximum Gasteiger partial charge on any atom is 0.180 e. The highest BCUT2D eigenvalue weighted by Crippen LogP contribution is 2.33. The quantitative estimate of drug-likeness (QED) is 0.404. The van der Waals surface area contributed by atoms with Crippen LogP contribution in [0.1, 0.15) is 11.4 Å². The zero-order valence-corrected chi connectivity index (χ0v) is 19.0. The van der Waals surface area contributed by atoms with Crippen LogP contribution in [0.25, 0.3) is 5.70 Å². The first-order valence-electron chi connectivity index (χ1n) is 9.09. The topological polar surface area (TPSA) is 159 Å². The van der Waals surface area contributed by atoms with Crippen LogP contribution < -0.4 is 17.3 Å². The lowest BCUT2D eigenvalue weighted by Gasteiger charge is -2.38. The monoisotopic (exact) mass is 483 g/mol. The second-order valence-electron chi connectivity index (χ2n) is 6.41. The molecule has 1 fully saturated rings. The zero-order chi connectivity index (χ0) is 22.4. The largest absolute Gasteiger partial charge is 0.396 e. The van der Waals surface area contributed by atoms with Crippen LogP contribution in [0.15, 0.2) is 28.7 Å². The van der Waals surface area contributed by atoms with Crippen LogP contribution in [0.4, 0.5) is 5.13 Å². The highest BCUT2D eigenvalue weighted by atomic mass is 35.5. The molecule has 2 aromatic heterocycles. The van der Waals surface area contributed by atoms with Crippen molar-refractivity contribution in [2.75, 3.05) is 32.7 Å². The van der Waals surface area contributed by atoms with E-state index in [1.807, 2.05) is 0 Å². The van der Waals surface area contributed by atoms with Crippen LogP contribution in [0.2, 0.25) is 5.02 Å². The highest BCUT2D eigenvalue weighted by molar-refractivity contribution is 7.99. The number of hydrogen-bond donors (Lipinski definition) is 3. The molecule has 10 nitrogen and oxygen atoms in total. The van der Waals surface area contributed by atoms with Crippen molar-refractivity contribution in [3.05, 3.63) is 40.3 Å². The SMILES string of the molecule is COC1C(Sc2cc(Cl)cnc2C#N)OCCOC[C@H]1N(N)/C=C(\N)c1csc(N)n1. The molecule has 3 heterocycles. The summed E-state index contributed by atoms with van der Waals surface area (Å²) in [4.78, 5) is 8.81. The summed E-state index contributed by atoms with van der Waals surface area (Å²) >= 11 is 8.65. The summed E-state index contributed by atoms with van der Waals surface area (Å²) in [5, 5.41) is 13.4. The van der Waals surface area contributed by atoms with E-state index in [0.717, 1.165) is 0 Å². The van der Waals surface area contributed by atoms with Gasteiger partial charge in [0.2, 0.25) is 0 Å². The van der Waals surface area contributed by atoms with E-state index in [-0.39, 0.29) is 12.3 Å². The third-order valence-electron chi connectivity index (χ3n) is 4.38. The molecule has 0 radical (unpaired) electrons. The molecule has 2 aromatic rings. The minimum Gasteiger partial charge on any atom is -0.396 e. The molecule has 31 heavy (non-hydrogen) atoms. The van der Waals surface area contributed by atoms with E-state index in [1.165, 1.54) is 34.3 Å². The molecule has 0 spiro atoms. The number of nitriles is 1. The van der Waals surface area contributed by atoms with Crippen molar-refractivity contribution >= 4 is 45.5 Å². The normalized spacial score (nSPS) is 22.4. The minimum atomic E-state index is -0.537. The summed E-state index contributed by atoms with van der Waals surface area (Å²) in [7, 11) is 1.56. The first kappa shape index (κ1) is 23.6. The molecule has 0 aromatic carbocycles. The Hall–Kier alpha value is -2.11. The molecule has 0 amide bonds. The number of thioether (sulfide) groups is 1. The van der Waals surface area contributed by atoms with Gasteiger partial charge in [-0.2, -0.15) is 5.26 Å². The van der Waals surface area contributed by atoms with Gasteiger partial charge in [0.05, 0.1) is 36.6 Å². The molecule has 2 unspecified atom stereocenters. The molecule has 13 heteroatoms. The van der Waals surface area contributed by atoms with Gasteiger partial charge in [-0.25, -0.2) is 15.8 Å². The number of rotatable bonds is 6. The molecule has 0 bridgehead atoms. The lowest BCUT2D eigenvalue weighted by molar-refractivity contribution is -0.103. The number of thiazole rings is 1. The van der Waals surface area contributed by atoms with Gasteiger partial charge in [0.15, 0.2) is 10.8 Å². The Balaban J connectivity index is 1.86. The molecule has 0 aliphatic carbocycles. The predicted octanol–water partition coefficient (Wildman–Crippen LogP) is 1.63. The van der Waals surface area contributed by atoms with Crippen LogP contribution >= 0.6 is 34.7 Å². The lowest BCUT2D eigenvalue weighted by atomic mass is 10.1. The molecule has 1 saturated heterocycles. The van der Waals surface area contributed by atoms with Gasteiger partial charge >= 0.3 is 0 Å². The fourth-order valence-corrected chi connectivity index (χ4v) is 4.93. The number of nitrogens with zero attached hydrogens (tertiary/aromatic N) is 4. The first-order valence-corrected chi connectivity index (χ1v) is 11.2. The van der Waals surface area contributed by atoms with Gasteiger partial charge in [0, 0.05) is 29.8 Å². The molecule has 166 valence electrons. The first-order chi connectivity index (χ1) is 14.9. The maximum absolute atomic E-state index is 9.39. The molecular weight excluding hydrogens is 462 g/mol. The summed E-state index contributed by atoms with van der Waals surface area (Å²) in [6, 6.07) is 3.28. The minimum absolute atomic E-state index is 0.248. The van der Waals surface area contributed by atoms with Gasteiger partial charge in [0.1, 0.15) is 23.3 Å². The van der Waals surface area contributed by atoms with E-state index in [4.69, 9.17) is 43.1 Å². The van der Waals surface area contributed by atoms with Gasteiger partial charge < -0.3 is 30.7 Å². The highest BCUT2D eigenvalue weighted by Gasteiger charge is 2.36. The number of nitrogen functional groups attached to an aromatic ring is 1. The third-order valence-corrected chi connectivity index (χ3v) is 6.46. The smallest absolute Gasteiger partial charge is 0.180 e.